The summed E-state index contributed by atoms with van der Waals surface area (Å²) >= 11 is 3.51. The van der Waals surface area contributed by atoms with Gasteiger partial charge in [0.1, 0.15) is 0 Å². The van der Waals surface area contributed by atoms with Gasteiger partial charge in [0, 0.05) is 23.1 Å². The lowest BCUT2D eigenvalue weighted by molar-refractivity contribution is 0.0110. The third-order valence-corrected chi connectivity index (χ3v) is 5.17. The second-order valence-corrected chi connectivity index (χ2v) is 7.03. The molecule has 2 heterocycles. The predicted octanol–water partition coefficient (Wildman–Crippen LogP) is 4.60. The normalized spacial score (nSPS) is 32.4. The summed E-state index contributed by atoms with van der Waals surface area (Å²) in [5, 5.41) is 0. The summed E-state index contributed by atoms with van der Waals surface area (Å²) in [6.07, 6.45) is 7.09. The third kappa shape index (κ3) is 2.65. The monoisotopic (exact) mass is 307 g/mol. The zero-order valence-electron chi connectivity index (χ0n) is 11.1. The SMILES string of the molecule is CC1CC2CCCC(C1)N2Cc1ccc(Br)cc1. The van der Waals surface area contributed by atoms with Crippen LogP contribution in [0.5, 0.6) is 0 Å². The molecule has 0 aliphatic carbocycles. The number of halogens is 1. The lowest BCUT2D eigenvalue weighted by atomic mass is 9.79. The zero-order valence-corrected chi connectivity index (χ0v) is 12.7. The van der Waals surface area contributed by atoms with Crippen LogP contribution >= 0.6 is 15.9 Å². The second kappa shape index (κ2) is 5.34. The van der Waals surface area contributed by atoms with Crippen LogP contribution in [-0.4, -0.2) is 17.0 Å². The molecule has 2 fully saturated rings. The van der Waals surface area contributed by atoms with E-state index in [1.807, 2.05) is 0 Å². The number of nitrogens with zero attached hydrogens (tertiary/aromatic N) is 1. The summed E-state index contributed by atoms with van der Waals surface area (Å²) in [4.78, 5) is 2.78. The minimum Gasteiger partial charge on any atom is -0.293 e. The molecule has 0 aromatic heterocycles. The Bertz CT molecular complexity index is 386. The molecule has 2 heteroatoms. The molecule has 0 saturated carbocycles. The molecule has 2 atom stereocenters. The van der Waals surface area contributed by atoms with Crippen molar-refractivity contribution in [2.75, 3.05) is 0 Å². The molecule has 2 aliphatic heterocycles. The molecule has 2 saturated heterocycles. The van der Waals surface area contributed by atoms with E-state index in [0.717, 1.165) is 24.5 Å². The Hall–Kier alpha value is -0.340. The van der Waals surface area contributed by atoms with E-state index in [1.54, 1.807) is 0 Å². The van der Waals surface area contributed by atoms with Gasteiger partial charge in [0.2, 0.25) is 0 Å². The molecule has 0 N–H and O–H groups in total. The predicted molar refractivity (Wildman–Crippen MR) is 79.5 cm³/mol. The van der Waals surface area contributed by atoms with Gasteiger partial charge in [-0.2, -0.15) is 0 Å². The summed E-state index contributed by atoms with van der Waals surface area (Å²) in [7, 11) is 0. The molecule has 1 nitrogen and oxygen atoms in total. The van der Waals surface area contributed by atoms with Gasteiger partial charge in [-0.25, -0.2) is 0 Å². The number of rotatable bonds is 2. The van der Waals surface area contributed by atoms with Crippen LogP contribution in [0.1, 0.15) is 44.6 Å². The van der Waals surface area contributed by atoms with E-state index in [9.17, 15) is 0 Å². The van der Waals surface area contributed by atoms with Crippen LogP contribution in [0.4, 0.5) is 0 Å². The van der Waals surface area contributed by atoms with Gasteiger partial charge in [-0.3, -0.25) is 4.90 Å². The molecule has 18 heavy (non-hydrogen) atoms. The van der Waals surface area contributed by atoms with Crippen LogP contribution in [0.25, 0.3) is 0 Å². The van der Waals surface area contributed by atoms with Gasteiger partial charge in [-0.1, -0.05) is 41.4 Å². The Kier molecular flexibility index (Phi) is 3.76. The molecule has 2 unspecified atom stereocenters. The number of piperidine rings is 2. The summed E-state index contributed by atoms with van der Waals surface area (Å²) in [6, 6.07) is 10.5. The van der Waals surface area contributed by atoms with E-state index in [1.165, 1.54) is 42.1 Å². The highest BCUT2D eigenvalue weighted by atomic mass is 79.9. The van der Waals surface area contributed by atoms with E-state index in [4.69, 9.17) is 0 Å². The molecule has 2 aliphatic rings. The van der Waals surface area contributed by atoms with E-state index < -0.39 is 0 Å². The number of benzene rings is 1. The molecule has 1 aromatic rings. The largest absolute Gasteiger partial charge is 0.293 e. The molecule has 1 aromatic carbocycles. The van der Waals surface area contributed by atoms with Gasteiger partial charge in [0.05, 0.1) is 0 Å². The van der Waals surface area contributed by atoms with Gasteiger partial charge in [0.25, 0.3) is 0 Å². The Labute approximate surface area is 119 Å². The van der Waals surface area contributed by atoms with E-state index in [0.29, 0.717) is 0 Å². The first-order valence-electron chi connectivity index (χ1n) is 7.22. The van der Waals surface area contributed by atoms with Gasteiger partial charge >= 0.3 is 0 Å². The fraction of sp³-hybridized carbons (Fsp3) is 0.625. The summed E-state index contributed by atoms with van der Waals surface area (Å²) in [6.45, 7) is 3.58. The topological polar surface area (TPSA) is 3.24 Å². The molecule has 3 rings (SSSR count). The lowest BCUT2D eigenvalue weighted by Gasteiger charge is -2.48. The summed E-state index contributed by atoms with van der Waals surface area (Å²) in [5.74, 6) is 0.932. The van der Waals surface area contributed by atoms with Gasteiger partial charge in [-0.05, 0) is 49.3 Å². The average molecular weight is 308 g/mol. The minimum atomic E-state index is 0.844. The maximum Gasteiger partial charge on any atom is 0.0239 e. The van der Waals surface area contributed by atoms with Crippen LogP contribution in [0.2, 0.25) is 0 Å². The van der Waals surface area contributed by atoms with Crippen LogP contribution in [0.15, 0.2) is 28.7 Å². The molecule has 0 amide bonds. The summed E-state index contributed by atoms with van der Waals surface area (Å²) in [5.41, 5.74) is 1.46. The Morgan fingerprint density at radius 3 is 2.33 bits per heavy atom. The van der Waals surface area contributed by atoms with Crippen molar-refractivity contribution in [2.45, 2.75) is 57.7 Å². The third-order valence-electron chi connectivity index (χ3n) is 4.64. The fourth-order valence-electron chi connectivity index (χ4n) is 3.81. The highest BCUT2D eigenvalue weighted by Crippen LogP contribution is 2.37. The lowest BCUT2D eigenvalue weighted by Crippen LogP contribution is -2.51. The van der Waals surface area contributed by atoms with Crippen molar-refractivity contribution in [3.8, 4) is 0 Å². The molecule has 2 bridgehead atoms. The van der Waals surface area contributed by atoms with E-state index in [-0.39, 0.29) is 0 Å². The first-order valence-corrected chi connectivity index (χ1v) is 8.02. The second-order valence-electron chi connectivity index (χ2n) is 6.11. The van der Waals surface area contributed by atoms with E-state index in [2.05, 4.69) is 52.0 Å². The van der Waals surface area contributed by atoms with Gasteiger partial charge in [0.15, 0.2) is 0 Å². The van der Waals surface area contributed by atoms with Crippen molar-refractivity contribution in [2.24, 2.45) is 5.92 Å². The zero-order chi connectivity index (χ0) is 12.5. The van der Waals surface area contributed by atoms with Crippen molar-refractivity contribution in [1.82, 2.24) is 4.90 Å². The van der Waals surface area contributed by atoms with Crippen molar-refractivity contribution in [3.05, 3.63) is 34.3 Å². The Balaban J connectivity index is 1.73. The van der Waals surface area contributed by atoms with Gasteiger partial charge in [-0.15, -0.1) is 0 Å². The Morgan fingerprint density at radius 2 is 1.72 bits per heavy atom. The van der Waals surface area contributed by atoms with Crippen molar-refractivity contribution < 1.29 is 0 Å². The van der Waals surface area contributed by atoms with E-state index >= 15 is 0 Å². The number of fused-ring (bicyclic) bond motifs is 2. The molecule has 98 valence electrons. The maximum absolute atomic E-state index is 3.51. The van der Waals surface area contributed by atoms with Crippen LogP contribution < -0.4 is 0 Å². The van der Waals surface area contributed by atoms with Crippen molar-refractivity contribution >= 4 is 15.9 Å². The first kappa shape index (κ1) is 12.7. The molecule has 0 radical (unpaired) electrons. The molecular weight excluding hydrogens is 286 g/mol. The van der Waals surface area contributed by atoms with Crippen molar-refractivity contribution in [3.63, 3.8) is 0 Å². The highest BCUT2D eigenvalue weighted by Gasteiger charge is 2.36. The fourth-order valence-corrected chi connectivity index (χ4v) is 4.07. The smallest absolute Gasteiger partial charge is 0.0239 e. The molecular formula is C16H22BrN. The maximum atomic E-state index is 3.51. The number of hydrogen-bond acceptors (Lipinski definition) is 1. The van der Waals surface area contributed by atoms with Crippen LogP contribution in [-0.2, 0) is 6.54 Å². The average Bonchev–Trinajstić information content (AvgIpc) is 2.33. The molecule has 0 spiro atoms. The Morgan fingerprint density at radius 1 is 1.11 bits per heavy atom. The standard InChI is InChI=1S/C16H22BrN/c1-12-9-15-3-2-4-16(10-12)18(15)11-13-5-7-14(17)8-6-13/h5-8,12,15-16H,2-4,9-11H2,1H3. The quantitative estimate of drug-likeness (QED) is 0.771. The van der Waals surface area contributed by atoms with Crippen LogP contribution in [0, 0.1) is 5.92 Å². The highest BCUT2D eigenvalue weighted by molar-refractivity contribution is 9.10. The minimum absolute atomic E-state index is 0.844. The van der Waals surface area contributed by atoms with Crippen LogP contribution in [0.3, 0.4) is 0 Å². The first-order chi connectivity index (χ1) is 8.72. The van der Waals surface area contributed by atoms with Crippen molar-refractivity contribution in [1.29, 1.82) is 0 Å². The van der Waals surface area contributed by atoms with Gasteiger partial charge < -0.3 is 0 Å². The summed E-state index contributed by atoms with van der Waals surface area (Å²) < 4.78 is 1.18. The number of hydrogen-bond donors (Lipinski definition) is 0.